The first kappa shape index (κ1) is 17.7. The molecule has 1 aliphatic carbocycles. The summed E-state index contributed by atoms with van der Waals surface area (Å²) in [6.07, 6.45) is 4.52. The molecule has 3 aromatic carbocycles. The quantitative estimate of drug-likeness (QED) is 0.363. The maximum atomic E-state index is 12.3. The Hall–Kier alpha value is -2.68. The van der Waals surface area contributed by atoms with Gasteiger partial charge in [-0.15, -0.1) is 0 Å². The van der Waals surface area contributed by atoms with Gasteiger partial charge in [0.1, 0.15) is 5.75 Å². The predicted molar refractivity (Wildman–Crippen MR) is 105 cm³/mol. The lowest BCUT2D eigenvalue weighted by Crippen LogP contribution is -2.01. The summed E-state index contributed by atoms with van der Waals surface area (Å²) in [4.78, 5) is 0. The fourth-order valence-corrected chi connectivity index (χ4v) is 3.81. The van der Waals surface area contributed by atoms with E-state index in [9.17, 15) is 8.78 Å². The molecule has 0 N–H and O–H groups in total. The molecule has 3 heteroatoms. The first-order valence-electron chi connectivity index (χ1n) is 9.44. The fraction of sp³-hybridized carbons (Fsp3) is 0.250. The van der Waals surface area contributed by atoms with Gasteiger partial charge in [-0.3, -0.25) is 0 Å². The third-order valence-corrected chi connectivity index (χ3v) is 5.18. The zero-order chi connectivity index (χ0) is 18.8. The van der Waals surface area contributed by atoms with Crippen LogP contribution in [0.3, 0.4) is 0 Å². The van der Waals surface area contributed by atoms with E-state index >= 15 is 0 Å². The highest BCUT2D eigenvalue weighted by Gasteiger charge is 2.19. The van der Waals surface area contributed by atoms with Gasteiger partial charge in [0.05, 0.1) is 0 Å². The maximum Gasteiger partial charge on any atom is 0.387 e. The number of unbranched alkanes of at least 4 members (excludes halogenated alkanes) is 1. The molecule has 0 spiro atoms. The van der Waals surface area contributed by atoms with Gasteiger partial charge < -0.3 is 4.74 Å². The van der Waals surface area contributed by atoms with Crippen LogP contribution >= 0.6 is 0 Å². The molecular weight excluding hydrogens is 342 g/mol. The summed E-state index contributed by atoms with van der Waals surface area (Å²) < 4.78 is 29.0. The van der Waals surface area contributed by atoms with Gasteiger partial charge in [0.25, 0.3) is 0 Å². The van der Waals surface area contributed by atoms with Crippen LogP contribution in [0.25, 0.3) is 22.3 Å². The summed E-state index contributed by atoms with van der Waals surface area (Å²) in [5.74, 6) is 0.182. The molecule has 0 fully saturated rings. The number of hydrogen-bond acceptors (Lipinski definition) is 1. The predicted octanol–water partition coefficient (Wildman–Crippen LogP) is 6.87. The Balaban J connectivity index is 1.58. The van der Waals surface area contributed by atoms with Gasteiger partial charge in [0.2, 0.25) is 0 Å². The zero-order valence-corrected chi connectivity index (χ0v) is 15.3. The summed E-state index contributed by atoms with van der Waals surface area (Å²) in [5.41, 5.74) is 8.86. The molecule has 0 atom stereocenters. The summed E-state index contributed by atoms with van der Waals surface area (Å²) in [5, 5.41) is 0. The van der Waals surface area contributed by atoms with E-state index in [1.165, 1.54) is 40.7 Å². The number of benzene rings is 3. The van der Waals surface area contributed by atoms with Gasteiger partial charge in [-0.2, -0.15) is 8.78 Å². The summed E-state index contributed by atoms with van der Waals surface area (Å²) in [6.45, 7) is -0.576. The first-order chi connectivity index (χ1) is 13.1. The first-order valence-corrected chi connectivity index (χ1v) is 9.44. The van der Waals surface area contributed by atoms with Crippen molar-refractivity contribution >= 4 is 0 Å². The van der Waals surface area contributed by atoms with Gasteiger partial charge in [0.15, 0.2) is 0 Å². The highest BCUT2D eigenvalue weighted by atomic mass is 19.3. The van der Waals surface area contributed by atoms with Crippen LogP contribution in [-0.2, 0) is 12.8 Å². The Morgan fingerprint density at radius 1 is 0.852 bits per heavy atom. The van der Waals surface area contributed by atoms with Crippen LogP contribution in [0.1, 0.15) is 36.5 Å². The van der Waals surface area contributed by atoms with Crippen LogP contribution in [0.15, 0.2) is 60.7 Å². The van der Waals surface area contributed by atoms with E-state index in [0.717, 1.165) is 24.0 Å². The van der Waals surface area contributed by atoms with Crippen molar-refractivity contribution in [2.24, 2.45) is 0 Å². The van der Waals surface area contributed by atoms with Crippen LogP contribution in [0.5, 0.6) is 5.75 Å². The molecule has 138 valence electrons. The molecule has 0 heterocycles. The van der Waals surface area contributed by atoms with Crippen LogP contribution in [0.2, 0.25) is 0 Å². The third kappa shape index (κ3) is 3.73. The van der Waals surface area contributed by atoms with Crippen LogP contribution in [-0.4, -0.2) is 6.61 Å². The Labute approximate surface area is 158 Å². The maximum absolute atomic E-state index is 12.3. The number of ether oxygens (including phenoxy) is 1. The average Bonchev–Trinajstić information content (AvgIpc) is 3.03. The van der Waals surface area contributed by atoms with Crippen molar-refractivity contribution in [2.75, 3.05) is 0 Å². The SMILES string of the molecule is CCCCc1ccc2c(c1)Cc1cc(-c3ccc(OC(F)F)cc3)ccc1-2. The monoisotopic (exact) mass is 364 g/mol. The van der Waals surface area contributed by atoms with Gasteiger partial charge in [0, 0.05) is 0 Å². The van der Waals surface area contributed by atoms with E-state index in [4.69, 9.17) is 0 Å². The topological polar surface area (TPSA) is 9.23 Å². The minimum absolute atomic E-state index is 0.182. The second-order valence-corrected chi connectivity index (χ2v) is 7.05. The third-order valence-electron chi connectivity index (χ3n) is 5.18. The van der Waals surface area contributed by atoms with E-state index in [-0.39, 0.29) is 5.75 Å². The lowest BCUT2D eigenvalue weighted by molar-refractivity contribution is -0.0498. The van der Waals surface area contributed by atoms with Gasteiger partial charge in [-0.1, -0.05) is 61.9 Å². The molecule has 0 aromatic heterocycles. The number of aryl methyl sites for hydroxylation is 1. The molecule has 0 saturated heterocycles. The second kappa shape index (κ2) is 7.51. The second-order valence-electron chi connectivity index (χ2n) is 7.05. The molecule has 0 saturated carbocycles. The molecular formula is C24H22F2O. The molecule has 27 heavy (non-hydrogen) atoms. The van der Waals surface area contributed by atoms with E-state index in [1.54, 1.807) is 12.1 Å². The van der Waals surface area contributed by atoms with E-state index < -0.39 is 6.61 Å². The van der Waals surface area contributed by atoms with Crippen LogP contribution < -0.4 is 4.74 Å². The molecule has 1 nitrogen and oxygen atoms in total. The normalized spacial score (nSPS) is 12.1. The summed E-state index contributed by atoms with van der Waals surface area (Å²) in [6, 6.07) is 20.2. The largest absolute Gasteiger partial charge is 0.435 e. The Morgan fingerprint density at radius 2 is 1.52 bits per heavy atom. The summed E-state index contributed by atoms with van der Waals surface area (Å²) >= 11 is 0. The lowest BCUT2D eigenvalue weighted by atomic mass is 9.98. The molecule has 0 radical (unpaired) electrons. The molecule has 0 aliphatic heterocycles. The number of fused-ring (bicyclic) bond motifs is 3. The molecule has 4 rings (SSSR count). The molecule has 0 amide bonds. The van der Waals surface area contributed by atoms with Crippen molar-refractivity contribution in [3.8, 4) is 28.0 Å². The van der Waals surface area contributed by atoms with Gasteiger partial charge in [-0.25, -0.2) is 0 Å². The van der Waals surface area contributed by atoms with Gasteiger partial charge >= 0.3 is 6.61 Å². The van der Waals surface area contributed by atoms with Crippen molar-refractivity contribution in [1.82, 2.24) is 0 Å². The standard InChI is InChI=1S/C24H22F2O/c1-2-3-4-16-5-11-22-19(13-16)15-20-14-18(8-12-23(20)22)17-6-9-21(10-7-17)27-24(25)26/h5-14,24H,2-4,15H2,1H3. The van der Waals surface area contributed by atoms with Crippen LogP contribution in [0.4, 0.5) is 8.78 Å². The van der Waals surface area contributed by atoms with Gasteiger partial charge in [-0.05, 0) is 70.3 Å². The minimum atomic E-state index is -2.79. The van der Waals surface area contributed by atoms with E-state index in [1.807, 2.05) is 12.1 Å². The Kier molecular flexibility index (Phi) is 4.93. The molecule has 1 aliphatic rings. The highest BCUT2D eigenvalue weighted by Crippen LogP contribution is 2.39. The van der Waals surface area contributed by atoms with E-state index in [2.05, 4.69) is 48.1 Å². The van der Waals surface area contributed by atoms with Crippen LogP contribution in [0, 0.1) is 0 Å². The molecule has 3 aromatic rings. The van der Waals surface area contributed by atoms with Crippen molar-refractivity contribution in [1.29, 1.82) is 0 Å². The zero-order valence-electron chi connectivity index (χ0n) is 15.3. The Bertz CT molecular complexity index is 945. The minimum Gasteiger partial charge on any atom is -0.435 e. The Morgan fingerprint density at radius 3 is 2.22 bits per heavy atom. The number of rotatable bonds is 6. The number of alkyl halides is 2. The number of halogens is 2. The van der Waals surface area contributed by atoms with Crippen molar-refractivity contribution in [2.45, 2.75) is 39.2 Å². The van der Waals surface area contributed by atoms with Crippen molar-refractivity contribution < 1.29 is 13.5 Å². The van der Waals surface area contributed by atoms with E-state index in [0.29, 0.717) is 0 Å². The van der Waals surface area contributed by atoms with Crippen molar-refractivity contribution in [3.63, 3.8) is 0 Å². The van der Waals surface area contributed by atoms with Crippen molar-refractivity contribution in [3.05, 3.63) is 77.4 Å². The highest BCUT2D eigenvalue weighted by molar-refractivity contribution is 5.80. The summed E-state index contributed by atoms with van der Waals surface area (Å²) in [7, 11) is 0. The fourth-order valence-electron chi connectivity index (χ4n) is 3.81. The molecule has 0 bridgehead atoms. The molecule has 0 unspecified atom stereocenters. The lowest BCUT2D eigenvalue weighted by Gasteiger charge is -2.08. The smallest absolute Gasteiger partial charge is 0.387 e. The number of hydrogen-bond donors (Lipinski definition) is 0. The average molecular weight is 364 g/mol.